The molecule has 4 aromatic rings. The van der Waals surface area contributed by atoms with Crippen molar-refractivity contribution < 1.29 is 0 Å². The summed E-state index contributed by atoms with van der Waals surface area (Å²) in [5.41, 5.74) is 6.46. The van der Waals surface area contributed by atoms with Crippen molar-refractivity contribution in [2.24, 2.45) is 0 Å². The Morgan fingerprint density at radius 1 is 1.11 bits per heavy atom. The Kier molecular flexibility index (Phi) is 3.98. The van der Waals surface area contributed by atoms with Crippen LogP contribution in [0.25, 0.3) is 28.1 Å². The van der Waals surface area contributed by atoms with E-state index in [1.807, 2.05) is 49.9 Å². The number of nitrogens with one attached hydrogen (secondary N) is 1. The lowest BCUT2D eigenvalue weighted by Gasteiger charge is -2.18. The molecule has 1 saturated heterocycles. The van der Waals surface area contributed by atoms with Gasteiger partial charge in [0.1, 0.15) is 5.69 Å². The maximum atomic E-state index is 4.76. The predicted molar refractivity (Wildman–Crippen MR) is 111 cm³/mol. The molecule has 0 aliphatic carbocycles. The van der Waals surface area contributed by atoms with Crippen LogP contribution in [-0.2, 0) is 0 Å². The van der Waals surface area contributed by atoms with Crippen molar-refractivity contribution >= 4 is 22.4 Å². The van der Waals surface area contributed by atoms with E-state index in [-0.39, 0.29) is 0 Å². The van der Waals surface area contributed by atoms with Gasteiger partial charge in [0.25, 0.3) is 0 Å². The van der Waals surface area contributed by atoms with Gasteiger partial charge in [-0.3, -0.25) is 0 Å². The third-order valence-corrected chi connectivity index (χ3v) is 5.48. The summed E-state index contributed by atoms with van der Waals surface area (Å²) < 4.78 is 1.83. The van der Waals surface area contributed by atoms with Gasteiger partial charge in [0.2, 0.25) is 0 Å². The molecule has 0 amide bonds. The summed E-state index contributed by atoms with van der Waals surface area (Å²) in [5.74, 6) is 0. The number of pyridine rings is 2. The van der Waals surface area contributed by atoms with Crippen molar-refractivity contribution in [3.05, 3.63) is 47.9 Å². The van der Waals surface area contributed by atoms with E-state index in [0.29, 0.717) is 6.04 Å². The van der Waals surface area contributed by atoms with Crippen LogP contribution >= 0.6 is 0 Å². The van der Waals surface area contributed by atoms with Gasteiger partial charge in [0, 0.05) is 24.5 Å². The lowest BCUT2D eigenvalue weighted by atomic mass is 10.2. The molecule has 7 nitrogen and oxygen atoms in total. The van der Waals surface area contributed by atoms with Crippen LogP contribution in [0.2, 0.25) is 0 Å². The molecule has 4 aromatic heterocycles. The van der Waals surface area contributed by atoms with E-state index < -0.39 is 0 Å². The number of rotatable bonds is 3. The van der Waals surface area contributed by atoms with E-state index in [9.17, 15) is 0 Å². The van der Waals surface area contributed by atoms with Crippen LogP contribution in [0.5, 0.6) is 0 Å². The average molecular weight is 373 g/mol. The normalized spacial score (nSPS) is 17.1. The monoisotopic (exact) mass is 373 g/mol. The van der Waals surface area contributed by atoms with E-state index in [1.54, 1.807) is 0 Å². The molecular formula is C21H23N7. The van der Waals surface area contributed by atoms with Crippen LogP contribution < -0.4 is 10.2 Å². The van der Waals surface area contributed by atoms with Crippen molar-refractivity contribution in [1.82, 2.24) is 29.9 Å². The third kappa shape index (κ3) is 2.88. The van der Waals surface area contributed by atoms with Crippen molar-refractivity contribution in [3.63, 3.8) is 0 Å². The fourth-order valence-corrected chi connectivity index (χ4v) is 3.92. The molecule has 0 radical (unpaired) electrons. The minimum Gasteiger partial charge on any atom is -0.369 e. The van der Waals surface area contributed by atoms with Gasteiger partial charge < -0.3 is 10.2 Å². The quantitative estimate of drug-likeness (QED) is 0.595. The number of likely N-dealkylation sites (N-methyl/N-ethyl adjacent to an activating group) is 1. The molecule has 28 heavy (non-hydrogen) atoms. The molecule has 0 unspecified atom stereocenters. The maximum Gasteiger partial charge on any atom is 0.159 e. The number of aryl methyl sites for hydroxylation is 2. The second-order valence-corrected chi connectivity index (χ2v) is 7.52. The highest BCUT2D eigenvalue weighted by molar-refractivity contribution is 5.81. The zero-order valence-corrected chi connectivity index (χ0v) is 16.3. The minimum atomic E-state index is 0.548. The highest BCUT2D eigenvalue weighted by atomic mass is 15.3. The second-order valence-electron chi connectivity index (χ2n) is 7.52. The summed E-state index contributed by atoms with van der Waals surface area (Å²) in [6.07, 6.45) is 5.02. The van der Waals surface area contributed by atoms with Gasteiger partial charge in [-0.25, -0.2) is 19.5 Å². The van der Waals surface area contributed by atoms with Crippen LogP contribution in [0, 0.1) is 13.8 Å². The molecule has 7 heteroatoms. The largest absolute Gasteiger partial charge is 0.369 e. The lowest BCUT2D eigenvalue weighted by Crippen LogP contribution is -2.29. The van der Waals surface area contributed by atoms with Crippen LogP contribution in [0.15, 0.2) is 36.7 Å². The van der Waals surface area contributed by atoms with Gasteiger partial charge in [-0.15, -0.1) is 0 Å². The van der Waals surface area contributed by atoms with Crippen LogP contribution in [0.4, 0.5) is 5.69 Å². The third-order valence-electron chi connectivity index (χ3n) is 5.48. The molecule has 0 bridgehead atoms. The smallest absolute Gasteiger partial charge is 0.159 e. The van der Waals surface area contributed by atoms with Crippen LogP contribution in [0.3, 0.4) is 0 Å². The van der Waals surface area contributed by atoms with Gasteiger partial charge in [-0.2, -0.15) is 5.10 Å². The summed E-state index contributed by atoms with van der Waals surface area (Å²) in [4.78, 5) is 16.3. The zero-order chi connectivity index (χ0) is 19.3. The first-order valence-electron chi connectivity index (χ1n) is 9.64. The van der Waals surface area contributed by atoms with Gasteiger partial charge >= 0.3 is 0 Å². The Labute approximate surface area is 163 Å². The van der Waals surface area contributed by atoms with Crippen molar-refractivity contribution in [3.8, 4) is 11.4 Å². The van der Waals surface area contributed by atoms with E-state index in [0.717, 1.165) is 64.5 Å². The van der Waals surface area contributed by atoms with E-state index >= 15 is 0 Å². The molecule has 1 fully saturated rings. The maximum absolute atomic E-state index is 4.76. The fraction of sp³-hybridized carbons (Fsp3) is 0.333. The molecule has 0 aromatic carbocycles. The summed E-state index contributed by atoms with van der Waals surface area (Å²) in [6.45, 7) is 6.09. The van der Waals surface area contributed by atoms with Crippen molar-refractivity contribution in [1.29, 1.82) is 0 Å². The zero-order valence-electron chi connectivity index (χ0n) is 16.3. The molecule has 1 atom stereocenters. The molecule has 5 rings (SSSR count). The van der Waals surface area contributed by atoms with Gasteiger partial charge in [-0.05, 0) is 57.1 Å². The Bertz CT molecular complexity index is 1180. The molecule has 0 spiro atoms. The molecule has 142 valence electrons. The first-order chi connectivity index (χ1) is 13.6. The number of aromatic nitrogens is 5. The molecular weight excluding hydrogens is 350 g/mol. The number of fused-ring (bicyclic) bond motifs is 2. The number of hydrogen-bond donors (Lipinski definition) is 1. The van der Waals surface area contributed by atoms with Crippen LogP contribution in [-0.4, -0.2) is 50.7 Å². The van der Waals surface area contributed by atoms with E-state index in [4.69, 9.17) is 4.98 Å². The highest BCUT2D eigenvalue weighted by Gasteiger charge is 2.21. The van der Waals surface area contributed by atoms with Crippen LogP contribution in [0.1, 0.15) is 17.7 Å². The molecule has 5 heterocycles. The summed E-state index contributed by atoms with van der Waals surface area (Å²) in [7, 11) is 2.02. The second kappa shape index (κ2) is 6.53. The lowest BCUT2D eigenvalue weighted by molar-refractivity contribution is 0.617. The fourth-order valence-electron chi connectivity index (χ4n) is 3.92. The Hall–Kier alpha value is -3.06. The summed E-state index contributed by atoms with van der Waals surface area (Å²) in [6, 6.07) is 8.86. The Morgan fingerprint density at radius 2 is 2.00 bits per heavy atom. The highest BCUT2D eigenvalue weighted by Crippen LogP contribution is 2.25. The number of anilines is 1. The van der Waals surface area contributed by atoms with Crippen molar-refractivity contribution in [2.75, 3.05) is 25.0 Å². The predicted octanol–water partition coefficient (Wildman–Crippen LogP) is 2.75. The molecule has 1 N–H and O–H groups in total. The van der Waals surface area contributed by atoms with Gasteiger partial charge in [0.05, 0.1) is 29.5 Å². The number of imidazole rings is 1. The standard InChI is InChI=1S/C21H23N7/c1-13-8-19(26-28-11-14(2)24-21(13)28)18-5-4-15-9-17(10-23-20(15)25-18)27-7-6-16(12-27)22-3/h4-5,8-11,16,22H,6-7,12H2,1-3H3/t16-/m1/s1. The number of hydrogen-bond acceptors (Lipinski definition) is 6. The Balaban J connectivity index is 1.51. The molecule has 1 aliphatic heterocycles. The van der Waals surface area contributed by atoms with Gasteiger partial charge in [-0.1, -0.05) is 0 Å². The first-order valence-corrected chi connectivity index (χ1v) is 9.64. The van der Waals surface area contributed by atoms with E-state index in [2.05, 4.69) is 37.4 Å². The number of nitrogens with zero attached hydrogens (tertiary/aromatic N) is 6. The minimum absolute atomic E-state index is 0.548. The average Bonchev–Trinajstić information content (AvgIpc) is 3.33. The summed E-state index contributed by atoms with van der Waals surface area (Å²) >= 11 is 0. The SMILES string of the molecule is CN[C@@H]1CCN(c2cnc3nc(-c4cc(C)c5nc(C)cn5n4)ccc3c2)C1. The molecule has 0 saturated carbocycles. The van der Waals surface area contributed by atoms with Crippen molar-refractivity contribution in [2.45, 2.75) is 26.3 Å². The van der Waals surface area contributed by atoms with Gasteiger partial charge in [0.15, 0.2) is 11.3 Å². The first kappa shape index (κ1) is 17.1. The van der Waals surface area contributed by atoms with E-state index in [1.165, 1.54) is 0 Å². The Morgan fingerprint density at radius 3 is 2.82 bits per heavy atom. The topological polar surface area (TPSA) is 71.2 Å². The summed E-state index contributed by atoms with van der Waals surface area (Å²) in [5, 5.41) is 9.08. The molecule has 1 aliphatic rings.